The third-order valence-corrected chi connectivity index (χ3v) is 23.7. The van der Waals surface area contributed by atoms with E-state index in [-0.39, 0.29) is 62.7 Å². The van der Waals surface area contributed by atoms with Crippen LogP contribution in [0.5, 0.6) is 0 Å². The summed E-state index contributed by atoms with van der Waals surface area (Å²) >= 11 is 0. The maximum absolute atomic E-state index is 15.1. The average Bonchev–Trinajstić information content (AvgIpc) is 1.56. The van der Waals surface area contributed by atoms with Crippen LogP contribution in [0.15, 0.2) is 315 Å². The molecule has 0 atom stereocenters. The summed E-state index contributed by atoms with van der Waals surface area (Å²) in [5, 5.41) is 70.1. The summed E-state index contributed by atoms with van der Waals surface area (Å²) < 4.78 is 188. The van der Waals surface area contributed by atoms with Crippen molar-refractivity contribution in [3.05, 3.63) is 371 Å². The van der Waals surface area contributed by atoms with Crippen molar-refractivity contribution in [2.75, 3.05) is 0 Å². The minimum absolute atomic E-state index is 0.0345. The first-order chi connectivity index (χ1) is 61.6. The van der Waals surface area contributed by atoms with Crippen molar-refractivity contribution in [3.8, 4) is 137 Å². The first kappa shape index (κ1) is 79.3. The molecule has 610 valence electrons. The van der Waals surface area contributed by atoms with Crippen LogP contribution in [-0.4, -0.2) is 18.3 Å². The fraction of sp³-hybridized carbons (Fsp3) is 0.0377. The Bertz CT molecular complexity index is 8430. The standard InChI is InChI=1S/C106H52F12N10/c107-103(108,109)77-38-73(39-78(51-77)104(110,111)112)75-47-99(125-93-21-6-3-18-83(93)86-42-66(24-29-94(86)125)63-13-7-10-59(32-63)53-119)89(57-123)100(48-75)126-95-30-25-67(64-14-8-11-60(33-64)54-120)43-87(95)88-44-68(26-31-96(88)126)71-35-62(56-122)36-72(37-71)70-23-28-85-82-17-2-5-20-92(82)128(98(85)46-70)102-50-76(74-40-79(105(113,114)115)52-80(41-74)106(116,117)118)49-101(90(102)58-124)127-91-19-4-1-16-81(91)84-27-22-69(45-97(84)127)65-15-9-12-61(34-65)55-121/h1-52H. The van der Waals surface area contributed by atoms with Crippen molar-refractivity contribution < 1.29 is 52.7 Å². The molecule has 0 saturated carbocycles. The second-order valence-corrected chi connectivity index (χ2v) is 31.1. The molecule has 0 aliphatic heterocycles. The fourth-order valence-corrected chi connectivity index (χ4v) is 17.9. The van der Waals surface area contributed by atoms with Crippen LogP contribution in [0.3, 0.4) is 0 Å². The highest BCUT2D eigenvalue weighted by atomic mass is 19.4. The summed E-state index contributed by atoms with van der Waals surface area (Å²) in [7, 11) is 0. The van der Waals surface area contributed by atoms with Gasteiger partial charge < -0.3 is 18.3 Å². The van der Waals surface area contributed by atoms with Gasteiger partial charge in [-0.15, -0.1) is 0 Å². The molecule has 4 heterocycles. The number of halogens is 12. The molecule has 10 nitrogen and oxygen atoms in total. The lowest BCUT2D eigenvalue weighted by molar-refractivity contribution is -0.144. The van der Waals surface area contributed by atoms with E-state index < -0.39 is 58.1 Å². The number of fused-ring (bicyclic) bond motifs is 12. The molecular formula is C106H52F12N10. The quantitative estimate of drug-likeness (QED) is 0.117. The van der Waals surface area contributed by atoms with E-state index in [2.05, 4.69) is 36.4 Å². The van der Waals surface area contributed by atoms with Crippen LogP contribution in [0.1, 0.15) is 55.6 Å². The molecule has 16 aromatic carbocycles. The molecule has 0 fully saturated rings. The smallest absolute Gasteiger partial charge is 0.308 e. The predicted octanol–water partition coefficient (Wildman–Crippen LogP) is 29.0. The van der Waals surface area contributed by atoms with Gasteiger partial charge in [-0.1, -0.05) is 133 Å². The van der Waals surface area contributed by atoms with Crippen LogP contribution in [0.2, 0.25) is 0 Å². The zero-order chi connectivity index (χ0) is 88.7. The van der Waals surface area contributed by atoms with Crippen LogP contribution < -0.4 is 0 Å². The van der Waals surface area contributed by atoms with Gasteiger partial charge in [0.25, 0.3) is 0 Å². The van der Waals surface area contributed by atoms with Gasteiger partial charge in [-0.2, -0.15) is 84.3 Å². The first-order valence-corrected chi connectivity index (χ1v) is 39.7. The molecule has 0 aliphatic carbocycles. The number of hydrogen-bond donors (Lipinski definition) is 0. The minimum atomic E-state index is -5.27. The van der Waals surface area contributed by atoms with Gasteiger partial charge in [0.1, 0.15) is 23.3 Å². The summed E-state index contributed by atoms with van der Waals surface area (Å²) in [4.78, 5) is 0. The van der Waals surface area contributed by atoms with E-state index in [0.29, 0.717) is 184 Å². The minimum Gasteiger partial charge on any atom is -0.308 e. The lowest BCUT2D eigenvalue weighted by Crippen LogP contribution is -2.11. The molecule has 0 saturated heterocycles. The highest BCUT2D eigenvalue weighted by molar-refractivity contribution is 6.16. The normalized spacial score (nSPS) is 12.0. The van der Waals surface area contributed by atoms with E-state index >= 15 is 52.7 Å². The number of hydrogen-bond acceptors (Lipinski definition) is 6. The maximum atomic E-state index is 15.1. The molecule has 0 N–H and O–H groups in total. The first-order valence-electron chi connectivity index (χ1n) is 39.7. The Morgan fingerprint density at radius 2 is 0.414 bits per heavy atom. The molecule has 0 unspecified atom stereocenters. The van der Waals surface area contributed by atoms with Gasteiger partial charge in [-0.25, -0.2) is 0 Å². The zero-order valence-corrected chi connectivity index (χ0v) is 66.0. The van der Waals surface area contributed by atoms with E-state index in [1.54, 1.807) is 170 Å². The Hall–Kier alpha value is -17.2. The van der Waals surface area contributed by atoms with Gasteiger partial charge in [0.2, 0.25) is 0 Å². The van der Waals surface area contributed by atoms with Crippen molar-refractivity contribution in [2.24, 2.45) is 0 Å². The molecule has 0 bridgehead atoms. The molecule has 4 aromatic heterocycles. The van der Waals surface area contributed by atoms with Gasteiger partial charge in [-0.3, -0.25) is 0 Å². The molecule has 0 amide bonds. The lowest BCUT2D eigenvalue weighted by atomic mass is 9.94. The Kier molecular flexibility index (Phi) is 18.5. The van der Waals surface area contributed by atoms with Crippen LogP contribution in [-0.2, 0) is 24.7 Å². The zero-order valence-electron chi connectivity index (χ0n) is 66.0. The van der Waals surface area contributed by atoms with E-state index in [1.165, 1.54) is 24.3 Å². The second kappa shape index (κ2) is 29.8. The average molecular weight is 1690 g/mol. The maximum Gasteiger partial charge on any atom is 0.416 e. The van der Waals surface area contributed by atoms with Crippen molar-refractivity contribution in [1.29, 1.82) is 31.6 Å². The van der Waals surface area contributed by atoms with Crippen molar-refractivity contribution in [2.45, 2.75) is 24.7 Å². The summed E-state index contributed by atoms with van der Waals surface area (Å²) in [5.41, 5.74) is 3.33. The number of nitrogens with zero attached hydrogens (tertiary/aromatic N) is 10. The number of rotatable bonds is 11. The van der Waals surface area contributed by atoms with Crippen molar-refractivity contribution in [3.63, 3.8) is 0 Å². The van der Waals surface area contributed by atoms with Gasteiger partial charge >= 0.3 is 24.7 Å². The Morgan fingerprint density at radius 3 is 0.742 bits per heavy atom. The highest BCUT2D eigenvalue weighted by Crippen LogP contribution is 2.50. The van der Waals surface area contributed by atoms with Crippen LogP contribution in [0.4, 0.5) is 52.7 Å². The molecule has 22 heteroatoms. The third kappa shape index (κ3) is 13.4. The van der Waals surface area contributed by atoms with Gasteiger partial charge in [-0.05, 0) is 260 Å². The Morgan fingerprint density at radius 1 is 0.172 bits per heavy atom. The molecule has 20 aromatic rings. The lowest BCUT2D eigenvalue weighted by Gasteiger charge is -2.20. The molecular weight excluding hydrogens is 1640 g/mol. The topological polar surface area (TPSA) is 162 Å². The summed E-state index contributed by atoms with van der Waals surface area (Å²) in [6, 6.07) is 96.6. The predicted molar refractivity (Wildman–Crippen MR) is 470 cm³/mol. The number of benzene rings is 16. The molecule has 0 spiro atoms. The Balaban J connectivity index is 0.810. The summed E-state index contributed by atoms with van der Waals surface area (Å²) in [6.07, 6.45) is -21.1. The van der Waals surface area contributed by atoms with Gasteiger partial charge in [0, 0.05) is 43.1 Å². The summed E-state index contributed by atoms with van der Waals surface area (Å²) in [6.45, 7) is 0. The van der Waals surface area contributed by atoms with Crippen LogP contribution in [0, 0.1) is 68.0 Å². The van der Waals surface area contributed by atoms with E-state index in [0.717, 1.165) is 0 Å². The van der Waals surface area contributed by atoms with Crippen LogP contribution >= 0.6 is 0 Å². The second-order valence-electron chi connectivity index (χ2n) is 31.1. The Labute approximate surface area is 718 Å². The number of alkyl halides is 12. The highest BCUT2D eigenvalue weighted by Gasteiger charge is 2.40. The number of nitriles is 6. The van der Waals surface area contributed by atoms with E-state index in [1.807, 2.05) is 103 Å². The number of aromatic nitrogens is 4. The largest absolute Gasteiger partial charge is 0.416 e. The van der Waals surface area contributed by atoms with E-state index in [4.69, 9.17) is 0 Å². The molecule has 20 rings (SSSR count). The van der Waals surface area contributed by atoms with Gasteiger partial charge in [0.05, 0.1) is 136 Å². The third-order valence-electron chi connectivity index (χ3n) is 23.7. The number of para-hydroxylation sites is 3. The SMILES string of the molecule is N#Cc1cccc(-c2ccc3c(c2)c2ccccc2n3-c2cc(-c3cc(C(F)(F)F)cc(C(F)(F)F)c3)cc(-n3c4ccc(-c5cccc(C#N)c5)cc4c4cc(-c5cc(C#N)cc(-c6ccc7c8ccccc8n(-c8cc(-c9cc(C(F)(F)F)cc(C(F)(F)F)c9)cc(-n9c%10ccccc%10c%10ccc(-c%11cccc(C#N)c%11)cc%109)c8C#N)c7c6)c5)ccc43)c2C#N)c1. The summed E-state index contributed by atoms with van der Waals surface area (Å²) in [5.74, 6) is 0. The monoisotopic (exact) mass is 1690 g/mol. The molecule has 128 heavy (non-hydrogen) atoms. The van der Waals surface area contributed by atoms with E-state index in [9.17, 15) is 31.6 Å². The van der Waals surface area contributed by atoms with Crippen molar-refractivity contribution in [1.82, 2.24) is 18.3 Å². The molecule has 0 aliphatic rings. The molecule has 0 radical (unpaired) electrons. The fourth-order valence-electron chi connectivity index (χ4n) is 17.9. The van der Waals surface area contributed by atoms with Crippen molar-refractivity contribution >= 4 is 87.2 Å². The van der Waals surface area contributed by atoms with Gasteiger partial charge in [0.15, 0.2) is 0 Å². The van der Waals surface area contributed by atoms with Crippen LogP contribution in [0.25, 0.3) is 188 Å².